The molecule has 0 bridgehead atoms. The molecular weight excluding hydrogens is 360 g/mol. The zero-order chi connectivity index (χ0) is 16.6. The van der Waals surface area contributed by atoms with Crippen molar-refractivity contribution in [1.82, 2.24) is 10.3 Å². The van der Waals surface area contributed by atoms with Gasteiger partial charge in [-0.1, -0.05) is 0 Å². The highest BCUT2D eigenvalue weighted by molar-refractivity contribution is 9.10. The highest BCUT2D eigenvalue weighted by atomic mass is 79.9. The number of aryl methyl sites for hydroxylation is 2. The molecule has 1 amide bonds. The molecule has 0 spiro atoms. The molecule has 5 nitrogen and oxygen atoms in total. The summed E-state index contributed by atoms with van der Waals surface area (Å²) in [7, 11) is 0. The van der Waals surface area contributed by atoms with Crippen LogP contribution in [0.3, 0.4) is 0 Å². The van der Waals surface area contributed by atoms with Crippen LogP contribution in [0, 0.1) is 13.8 Å². The summed E-state index contributed by atoms with van der Waals surface area (Å²) in [5, 5.41) is 2.81. The molecule has 0 radical (unpaired) electrons. The summed E-state index contributed by atoms with van der Waals surface area (Å²) in [6.07, 6.45) is 0.797. The van der Waals surface area contributed by atoms with Crippen LogP contribution in [-0.4, -0.2) is 17.5 Å². The third-order valence-corrected chi connectivity index (χ3v) is 4.51. The van der Waals surface area contributed by atoms with Crippen LogP contribution >= 0.6 is 15.9 Å². The molecule has 0 fully saturated rings. The molecule has 1 aliphatic heterocycles. The van der Waals surface area contributed by atoms with Gasteiger partial charge in [-0.15, -0.1) is 0 Å². The van der Waals surface area contributed by atoms with Crippen molar-refractivity contribution in [1.29, 1.82) is 0 Å². The fourth-order valence-electron chi connectivity index (χ4n) is 2.76. The molecule has 0 atom stereocenters. The summed E-state index contributed by atoms with van der Waals surface area (Å²) in [6.45, 7) is 4.54. The minimum Gasteiger partial charge on any atom is -0.492 e. The van der Waals surface area contributed by atoms with E-state index in [1.165, 1.54) is 0 Å². The topological polar surface area (TPSA) is 71.2 Å². The minimum absolute atomic E-state index is 0.161. The number of aromatic amines is 1. The Hall–Kier alpha value is -2.08. The number of pyridine rings is 1. The number of benzene rings is 1. The Bertz CT molecular complexity index is 842. The molecule has 1 aromatic carbocycles. The standard InChI is InChI=1S/C17H17BrN2O3/c1-9-5-10(2)20-17(22)13(9)8-19-16(21)12-6-11-3-4-23-15(11)14(18)7-12/h5-7H,3-4,8H2,1-2H3,(H,19,21)(H,20,22). The van der Waals surface area contributed by atoms with E-state index in [0.717, 1.165) is 33.5 Å². The summed E-state index contributed by atoms with van der Waals surface area (Å²) in [4.78, 5) is 27.1. The van der Waals surface area contributed by atoms with Crippen LogP contribution in [0.25, 0.3) is 0 Å². The smallest absolute Gasteiger partial charge is 0.253 e. The van der Waals surface area contributed by atoms with Gasteiger partial charge in [0.05, 0.1) is 11.1 Å². The molecule has 0 aliphatic carbocycles. The van der Waals surface area contributed by atoms with Crippen molar-refractivity contribution in [3.8, 4) is 5.75 Å². The molecule has 2 N–H and O–H groups in total. The first kappa shape index (κ1) is 15.8. The number of rotatable bonds is 3. The van der Waals surface area contributed by atoms with Crippen LogP contribution in [0.4, 0.5) is 0 Å². The first-order valence-corrected chi connectivity index (χ1v) is 8.18. The van der Waals surface area contributed by atoms with Gasteiger partial charge in [0.15, 0.2) is 0 Å². The van der Waals surface area contributed by atoms with E-state index in [1.807, 2.05) is 26.0 Å². The van der Waals surface area contributed by atoms with Crippen LogP contribution in [0.5, 0.6) is 5.75 Å². The van der Waals surface area contributed by atoms with Crippen LogP contribution in [0.2, 0.25) is 0 Å². The Morgan fingerprint density at radius 2 is 2.13 bits per heavy atom. The molecule has 1 aliphatic rings. The molecule has 0 saturated heterocycles. The molecule has 1 aromatic heterocycles. The Morgan fingerprint density at radius 1 is 1.35 bits per heavy atom. The Kier molecular flexibility index (Phi) is 4.26. The summed E-state index contributed by atoms with van der Waals surface area (Å²) in [5.74, 6) is 0.604. The third-order valence-electron chi connectivity index (χ3n) is 3.92. The molecule has 3 rings (SSSR count). The first-order valence-electron chi connectivity index (χ1n) is 7.38. The lowest BCUT2D eigenvalue weighted by atomic mass is 10.1. The van der Waals surface area contributed by atoms with E-state index < -0.39 is 0 Å². The second-order valence-corrected chi connectivity index (χ2v) is 6.52. The van der Waals surface area contributed by atoms with Gasteiger partial charge in [0.2, 0.25) is 0 Å². The molecule has 0 unspecified atom stereocenters. The van der Waals surface area contributed by atoms with Crippen molar-refractivity contribution in [3.63, 3.8) is 0 Å². The fourth-order valence-corrected chi connectivity index (χ4v) is 3.38. The number of nitrogens with one attached hydrogen (secondary N) is 2. The Balaban J connectivity index is 1.78. The summed E-state index contributed by atoms with van der Waals surface area (Å²) >= 11 is 3.43. The Labute approximate surface area is 142 Å². The predicted molar refractivity (Wildman–Crippen MR) is 91.0 cm³/mol. The summed E-state index contributed by atoms with van der Waals surface area (Å²) in [6, 6.07) is 5.48. The van der Waals surface area contributed by atoms with E-state index in [9.17, 15) is 9.59 Å². The van der Waals surface area contributed by atoms with Gasteiger partial charge in [0.25, 0.3) is 11.5 Å². The number of carbonyl (C=O) groups is 1. The van der Waals surface area contributed by atoms with E-state index in [0.29, 0.717) is 17.7 Å². The maximum Gasteiger partial charge on any atom is 0.253 e. The van der Waals surface area contributed by atoms with E-state index in [1.54, 1.807) is 6.07 Å². The lowest BCUT2D eigenvalue weighted by Gasteiger charge is -2.10. The molecule has 120 valence electrons. The molecule has 2 heterocycles. The largest absolute Gasteiger partial charge is 0.492 e. The number of carbonyl (C=O) groups excluding carboxylic acids is 1. The molecule has 23 heavy (non-hydrogen) atoms. The van der Waals surface area contributed by atoms with Gasteiger partial charge in [0, 0.05) is 29.8 Å². The van der Waals surface area contributed by atoms with Crippen molar-refractivity contribution in [2.45, 2.75) is 26.8 Å². The van der Waals surface area contributed by atoms with Crippen LogP contribution in [-0.2, 0) is 13.0 Å². The highest BCUT2D eigenvalue weighted by Gasteiger charge is 2.19. The van der Waals surface area contributed by atoms with E-state index in [-0.39, 0.29) is 18.0 Å². The van der Waals surface area contributed by atoms with Gasteiger partial charge in [-0.25, -0.2) is 0 Å². The zero-order valence-electron chi connectivity index (χ0n) is 13.0. The number of hydrogen-bond acceptors (Lipinski definition) is 3. The summed E-state index contributed by atoms with van der Waals surface area (Å²) in [5.41, 5.74) is 3.68. The van der Waals surface area contributed by atoms with E-state index in [2.05, 4.69) is 26.2 Å². The molecular formula is C17H17BrN2O3. The quantitative estimate of drug-likeness (QED) is 0.864. The van der Waals surface area contributed by atoms with Gasteiger partial charge in [-0.3, -0.25) is 9.59 Å². The second kappa shape index (κ2) is 6.20. The molecule has 2 aromatic rings. The molecule has 6 heteroatoms. The number of H-pyrrole nitrogens is 1. The molecule has 0 saturated carbocycles. The third kappa shape index (κ3) is 3.17. The van der Waals surface area contributed by atoms with Crippen molar-refractivity contribution >= 4 is 21.8 Å². The Morgan fingerprint density at radius 3 is 2.87 bits per heavy atom. The fraction of sp³-hybridized carbons (Fsp3) is 0.294. The van der Waals surface area contributed by atoms with Crippen molar-refractivity contribution in [2.24, 2.45) is 0 Å². The maximum absolute atomic E-state index is 12.4. The van der Waals surface area contributed by atoms with Crippen molar-refractivity contribution in [3.05, 3.63) is 61.0 Å². The predicted octanol–water partition coefficient (Wildman–Crippen LogP) is 2.62. The van der Waals surface area contributed by atoms with Gasteiger partial charge in [-0.05, 0) is 59.1 Å². The average Bonchev–Trinajstić information content (AvgIpc) is 2.94. The minimum atomic E-state index is -0.209. The van der Waals surface area contributed by atoms with Crippen LogP contribution < -0.4 is 15.6 Å². The van der Waals surface area contributed by atoms with Gasteiger partial charge >= 0.3 is 0 Å². The number of aromatic nitrogens is 1. The highest BCUT2D eigenvalue weighted by Crippen LogP contribution is 2.34. The number of fused-ring (bicyclic) bond motifs is 1. The number of ether oxygens (including phenoxy) is 1. The van der Waals surface area contributed by atoms with Crippen LogP contribution in [0.15, 0.2) is 27.5 Å². The van der Waals surface area contributed by atoms with Crippen LogP contribution in [0.1, 0.15) is 32.7 Å². The number of halogens is 1. The first-order chi connectivity index (χ1) is 11.0. The number of hydrogen-bond donors (Lipinski definition) is 2. The van der Waals surface area contributed by atoms with Gasteiger partial charge in [0.1, 0.15) is 5.75 Å². The monoisotopic (exact) mass is 376 g/mol. The van der Waals surface area contributed by atoms with Gasteiger partial charge < -0.3 is 15.0 Å². The second-order valence-electron chi connectivity index (χ2n) is 5.67. The summed E-state index contributed by atoms with van der Waals surface area (Å²) < 4.78 is 6.29. The zero-order valence-corrected chi connectivity index (χ0v) is 14.5. The SMILES string of the molecule is Cc1cc(C)c(CNC(=O)c2cc(Br)c3c(c2)CCO3)c(=O)[nH]1. The van der Waals surface area contributed by atoms with Gasteiger partial charge in [-0.2, -0.15) is 0 Å². The number of amides is 1. The average molecular weight is 377 g/mol. The lowest BCUT2D eigenvalue weighted by molar-refractivity contribution is 0.0950. The maximum atomic E-state index is 12.4. The normalized spacial score (nSPS) is 12.7. The van der Waals surface area contributed by atoms with Crippen molar-refractivity contribution < 1.29 is 9.53 Å². The van der Waals surface area contributed by atoms with Crippen molar-refractivity contribution in [2.75, 3.05) is 6.61 Å². The van der Waals surface area contributed by atoms with E-state index >= 15 is 0 Å². The van der Waals surface area contributed by atoms with E-state index in [4.69, 9.17) is 4.74 Å². The lowest BCUT2D eigenvalue weighted by Crippen LogP contribution is -2.28.